The van der Waals surface area contributed by atoms with Crippen LogP contribution in [0, 0.1) is 0 Å². The molecule has 0 aliphatic heterocycles. The molecule has 3 rings (SSSR count). The Labute approximate surface area is 133 Å². The predicted octanol–water partition coefficient (Wildman–Crippen LogP) is 3.31. The van der Waals surface area contributed by atoms with Gasteiger partial charge in [0.1, 0.15) is 12.3 Å². The molecule has 0 saturated heterocycles. The third kappa shape index (κ3) is 4.35. The van der Waals surface area contributed by atoms with Gasteiger partial charge in [0.15, 0.2) is 0 Å². The van der Waals surface area contributed by atoms with Gasteiger partial charge in [-0.2, -0.15) is 0 Å². The van der Waals surface area contributed by atoms with E-state index >= 15 is 0 Å². The fourth-order valence-electron chi connectivity index (χ4n) is 3.14. The molecule has 1 aliphatic rings. The number of hydrogen-bond donors (Lipinski definition) is 1. The zero-order chi connectivity index (χ0) is 15.0. The Morgan fingerprint density at radius 3 is 2.45 bits per heavy atom. The molecule has 2 heteroatoms. The number of rotatable bonds is 7. The highest BCUT2D eigenvalue weighted by molar-refractivity contribution is 5.32. The molecule has 2 aromatic carbocycles. The van der Waals surface area contributed by atoms with Gasteiger partial charge in [0.05, 0.1) is 12.6 Å². The Kier molecular flexibility index (Phi) is 5.49. The van der Waals surface area contributed by atoms with Gasteiger partial charge in [0.25, 0.3) is 0 Å². The van der Waals surface area contributed by atoms with E-state index in [0.29, 0.717) is 6.10 Å². The molecule has 2 nitrogen and oxygen atoms in total. The quantitative estimate of drug-likeness (QED) is 0.779. The van der Waals surface area contributed by atoms with Crippen molar-refractivity contribution in [3.63, 3.8) is 0 Å². The molecule has 0 radical (unpaired) electrons. The maximum Gasteiger partial charge on any atom is 0.128 e. The van der Waals surface area contributed by atoms with Crippen LogP contribution in [0.2, 0.25) is 0 Å². The molecular weight excluding hydrogens is 270 g/mol. The number of ether oxygens (including phenoxy) is 1. The van der Waals surface area contributed by atoms with Gasteiger partial charge in [-0.25, -0.2) is 0 Å². The maximum absolute atomic E-state index is 6.20. The van der Waals surface area contributed by atoms with E-state index in [9.17, 15) is 0 Å². The zero-order valence-corrected chi connectivity index (χ0v) is 13.2. The summed E-state index contributed by atoms with van der Waals surface area (Å²) in [5.74, 6) is 1.09. The fraction of sp³-hybridized carbons (Fsp3) is 0.400. The molecule has 0 aromatic heterocycles. The Balaban J connectivity index is 1.49. The molecule has 2 N–H and O–H groups in total. The van der Waals surface area contributed by atoms with Crippen LogP contribution in [0.15, 0.2) is 54.6 Å². The van der Waals surface area contributed by atoms with Crippen LogP contribution in [0.25, 0.3) is 0 Å². The van der Waals surface area contributed by atoms with Crippen LogP contribution in [-0.4, -0.2) is 12.6 Å². The molecule has 0 amide bonds. The number of hydrogen-bond acceptors (Lipinski definition) is 1. The average molecular weight is 296 g/mol. The molecule has 0 atom stereocenters. The van der Waals surface area contributed by atoms with E-state index in [2.05, 4.69) is 59.9 Å². The number of nitrogens with two attached hydrogens (primary N) is 1. The number of para-hydroxylation sites is 1. The Hall–Kier alpha value is -1.80. The molecule has 0 heterocycles. The van der Waals surface area contributed by atoms with Crippen molar-refractivity contribution in [2.75, 3.05) is 6.54 Å². The second-order valence-electron chi connectivity index (χ2n) is 6.15. The van der Waals surface area contributed by atoms with Crippen LogP contribution in [0.4, 0.5) is 0 Å². The van der Waals surface area contributed by atoms with Crippen LogP contribution in [0.3, 0.4) is 0 Å². The van der Waals surface area contributed by atoms with Gasteiger partial charge < -0.3 is 10.1 Å². The first-order chi connectivity index (χ1) is 10.9. The molecule has 116 valence electrons. The molecule has 0 spiro atoms. The van der Waals surface area contributed by atoms with E-state index in [0.717, 1.165) is 25.3 Å². The fourth-order valence-corrected chi connectivity index (χ4v) is 3.14. The van der Waals surface area contributed by atoms with E-state index in [1.165, 1.54) is 36.8 Å². The lowest BCUT2D eigenvalue weighted by atomic mass is 10.1. The topological polar surface area (TPSA) is 25.8 Å². The third-order valence-corrected chi connectivity index (χ3v) is 4.41. The minimum atomic E-state index is 0.436. The van der Waals surface area contributed by atoms with Gasteiger partial charge in [0.2, 0.25) is 0 Å². The summed E-state index contributed by atoms with van der Waals surface area (Å²) >= 11 is 0. The van der Waals surface area contributed by atoms with Crippen molar-refractivity contribution in [3.8, 4) is 5.75 Å². The highest BCUT2D eigenvalue weighted by atomic mass is 16.5. The highest BCUT2D eigenvalue weighted by Gasteiger charge is 2.17. The van der Waals surface area contributed by atoms with E-state index in [4.69, 9.17) is 4.74 Å². The van der Waals surface area contributed by atoms with Gasteiger partial charge in [0, 0.05) is 12.0 Å². The second kappa shape index (κ2) is 8.00. The third-order valence-electron chi connectivity index (χ3n) is 4.41. The molecule has 1 saturated carbocycles. The molecule has 0 bridgehead atoms. The van der Waals surface area contributed by atoms with Crippen molar-refractivity contribution in [2.45, 2.75) is 44.8 Å². The summed E-state index contributed by atoms with van der Waals surface area (Å²) in [5, 5.41) is 2.38. The SMILES string of the molecule is c1ccc(CC[NH2+]Cc2ccccc2OC2CCCC2)cc1. The van der Waals surface area contributed by atoms with Gasteiger partial charge in [-0.05, 0) is 43.4 Å². The summed E-state index contributed by atoms with van der Waals surface area (Å²) < 4.78 is 6.20. The molecule has 2 aromatic rings. The van der Waals surface area contributed by atoms with Crippen LogP contribution in [0.1, 0.15) is 36.8 Å². The first-order valence-corrected chi connectivity index (χ1v) is 8.52. The van der Waals surface area contributed by atoms with Crippen molar-refractivity contribution in [1.29, 1.82) is 0 Å². The summed E-state index contributed by atoms with van der Waals surface area (Å²) in [6.07, 6.45) is 6.61. The number of benzene rings is 2. The van der Waals surface area contributed by atoms with E-state index in [-0.39, 0.29) is 0 Å². The van der Waals surface area contributed by atoms with E-state index in [1.54, 1.807) is 0 Å². The summed E-state index contributed by atoms with van der Waals surface area (Å²) in [5.41, 5.74) is 2.73. The van der Waals surface area contributed by atoms with Gasteiger partial charge in [-0.1, -0.05) is 42.5 Å². The molecule has 0 unspecified atom stereocenters. The standard InChI is InChI=1S/C20H25NO/c1-2-8-17(9-3-1)14-15-21-16-18-10-4-7-13-20(18)22-19-11-5-6-12-19/h1-4,7-10,13,19,21H,5-6,11-12,14-16H2/p+1. The number of quaternary nitrogens is 1. The summed E-state index contributed by atoms with van der Waals surface area (Å²) in [6, 6.07) is 19.2. The van der Waals surface area contributed by atoms with Crippen LogP contribution >= 0.6 is 0 Å². The van der Waals surface area contributed by atoms with E-state index < -0.39 is 0 Å². The van der Waals surface area contributed by atoms with Crippen molar-refractivity contribution in [1.82, 2.24) is 0 Å². The Morgan fingerprint density at radius 1 is 0.909 bits per heavy atom. The molecule has 22 heavy (non-hydrogen) atoms. The lowest BCUT2D eigenvalue weighted by molar-refractivity contribution is -0.670. The summed E-state index contributed by atoms with van der Waals surface area (Å²) in [7, 11) is 0. The van der Waals surface area contributed by atoms with Crippen molar-refractivity contribution < 1.29 is 10.1 Å². The van der Waals surface area contributed by atoms with Crippen molar-refractivity contribution in [3.05, 3.63) is 65.7 Å². The first kappa shape index (κ1) is 15.1. The lowest BCUT2D eigenvalue weighted by Gasteiger charge is -2.15. The predicted molar refractivity (Wildman–Crippen MR) is 90.0 cm³/mol. The van der Waals surface area contributed by atoms with Crippen molar-refractivity contribution >= 4 is 0 Å². The summed E-state index contributed by atoms with van der Waals surface area (Å²) in [6.45, 7) is 2.11. The zero-order valence-electron chi connectivity index (χ0n) is 13.2. The first-order valence-electron chi connectivity index (χ1n) is 8.52. The minimum absolute atomic E-state index is 0.436. The van der Waals surface area contributed by atoms with E-state index in [1.807, 2.05) is 0 Å². The van der Waals surface area contributed by atoms with Crippen molar-refractivity contribution in [2.24, 2.45) is 0 Å². The largest absolute Gasteiger partial charge is 0.490 e. The van der Waals surface area contributed by atoms with Gasteiger partial charge in [-0.3, -0.25) is 0 Å². The average Bonchev–Trinajstić information content (AvgIpc) is 3.07. The normalized spacial score (nSPS) is 15.1. The second-order valence-corrected chi connectivity index (χ2v) is 6.15. The molecule has 1 fully saturated rings. The lowest BCUT2D eigenvalue weighted by Crippen LogP contribution is -2.83. The Bertz CT molecular complexity index is 561. The Morgan fingerprint density at radius 2 is 1.64 bits per heavy atom. The minimum Gasteiger partial charge on any atom is -0.490 e. The smallest absolute Gasteiger partial charge is 0.128 e. The molecule has 1 aliphatic carbocycles. The highest BCUT2D eigenvalue weighted by Crippen LogP contribution is 2.26. The maximum atomic E-state index is 6.20. The molecular formula is C20H26NO+. The van der Waals surface area contributed by atoms with Crippen LogP contribution in [0.5, 0.6) is 5.75 Å². The summed E-state index contributed by atoms with van der Waals surface area (Å²) in [4.78, 5) is 0. The van der Waals surface area contributed by atoms with Gasteiger partial charge >= 0.3 is 0 Å². The van der Waals surface area contributed by atoms with Gasteiger partial charge in [-0.15, -0.1) is 0 Å². The monoisotopic (exact) mass is 296 g/mol. The van der Waals surface area contributed by atoms with Crippen LogP contribution < -0.4 is 10.1 Å². The van der Waals surface area contributed by atoms with Crippen LogP contribution in [-0.2, 0) is 13.0 Å².